The standard InChI is InChI=1S/C19H18ClN/c1-12-7-9-17(16-6-4-3-5-15(12)16)19(21)14-8-10-18(20)13(2)11-14/h3-11,19H,21H2,1-2H3. The van der Waals surface area contributed by atoms with Gasteiger partial charge in [0.2, 0.25) is 0 Å². The molecule has 1 nitrogen and oxygen atoms in total. The normalized spacial score (nSPS) is 12.6. The van der Waals surface area contributed by atoms with Crippen molar-refractivity contribution in [1.82, 2.24) is 0 Å². The summed E-state index contributed by atoms with van der Waals surface area (Å²) in [6, 6.07) is 18.5. The van der Waals surface area contributed by atoms with Gasteiger partial charge in [-0.15, -0.1) is 0 Å². The van der Waals surface area contributed by atoms with E-state index in [0.717, 1.165) is 21.7 Å². The number of hydrogen-bond donors (Lipinski definition) is 1. The van der Waals surface area contributed by atoms with Gasteiger partial charge in [0.15, 0.2) is 0 Å². The third-order valence-corrected chi connectivity index (χ3v) is 4.48. The molecular weight excluding hydrogens is 278 g/mol. The highest BCUT2D eigenvalue weighted by Crippen LogP contribution is 2.30. The maximum absolute atomic E-state index is 6.51. The van der Waals surface area contributed by atoms with Crippen molar-refractivity contribution < 1.29 is 0 Å². The van der Waals surface area contributed by atoms with Gasteiger partial charge < -0.3 is 5.73 Å². The van der Waals surface area contributed by atoms with Crippen LogP contribution in [0.4, 0.5) is 0 Å². The van der Waals surface area contributed by atoms with Crippen molar-refractivity contribution in [2.45, 2.75) is 19.9 Å². The van der Waals surface area contributed by atoms with Crippen molar-refractivity contribution in [3.8, 4) is 0 Å². The van der Waals surface area contributed by atoms with Crippen molar-refractivity contribution in [2.75, 3.05) is 0 Å². The van der Waals surface area contributed by atoms with Gasteiger partial charge in [0.1, 0.15) is 0 Å². The van der Waals surface area contributed by atoms with Crippen molar-refractivity contribution in [3.63, 3.8) is 0 Å². The Hall–Kier alpha value is -1.83. The second kappa shape index (κ2) is 5.51. The Morgan fingerprint density at radius 2 is 1.57 bits per heavy atom. The SMILES string of the molecule is Cc1cc(C(N)c2ccc(C)c3ccccc23)ccc1Cl. The lowest BCUT2D eigenvalue weighted by Crippen LogP contribution is -2.12. The van der Waals surface area contributed by atoms with Crippen LogP contribution in [0.2, 0.25) is 5.02 Å². The maximum atomic E-state index is 6.51. The van der Waals surface area contributed by atoms with Crippen molar-refractivity contribution in [2.24, 2.45) is 5.73 Å². The summed E-state index contributed by atoms with van der Waals surface area (Å²) < 4.78 is 0. The zero-order valence-corrected chi connectivity index (χ0v) is 13.0. The van der Waals surface area contributed by atoms with Gasteiger partial charge in [0.25, 0.3) is 0 Å². The summed E-state index contributed by atoms with van der Waals surface area (Å²) in [7, 11) is 0. The number of fused-ring (bicyclic) bond motifs is 1. The molecule has 0 saturated heterocycles. The van der Waals surface area contributed by atoms with Crippen LogP contribution in [0.1, 0.15) is 28.3 Å². The number of nitrogens with two attached hydrogens (primary N) is 1. The Morgan fingerprint density at radius 3 is 2.29 bits per heavy atom. The van der Waals surface area contributed by atoms with Crippen LogP contribution in [-0.2, 0) is 0 Å². The number of benzene rings is 3. The first-order valence-electron chi connectivity index (χ1n) is 7.08. The Balaban J connectivity index is 2.15. The maximum Gasteiger partial charge on any atom is 0.0557 e. The third kappa shape index (κ3) is 2.55. The molecule has 0 aliphatic heterocycles. The lowest BCUT2D eigenvalue weighted by atomic mass is 9.92. The lowest BCUT2D eigenvalue weighted by molar-refractivity contribution is 0.878. The largest absolute Gasteiger partial charge is 0.320 e. The van der Waals surface area contributed by atoms with Crippen LogP contribution in [0.15, 0.2) is 54.6 Å². The summed E-state index contributed by atoms with van der Waals surface area (Å²) >= 11 is 6.11. The smallest absolute Gasteiger partial charge is 0.0557 e. The molecule has 0 fully saturated rings. The molecule has 3 rings (SSSR count). The molecule has 1 unspecified atom stereocenters. The zero-order valence-electron chi connectivity index (χ0n) is 12.2. The number of hydrogen-bond acceptors (Lipinski definition) is 1. The number of aryl methyl sites for hydroxylation is 2. The fourth-order valence-corrected chi connectivity index (χ4v) is 2.90. The van der Waals surface area contributed by atoms with Crippen LogP contribution in [-0.4, -0.2) is 0 Å². The second-order valence-corrected chi connectivity index (χ2v) is 5.91. The minimum atomic E-state index is -0.147. The molecule has 3 aromatic carbocycles. The minimum absolute atomic E-state index is 0.147. The Kier molecular flexibility index (Phi) is 3.71. The highest BCUT2D eigenvalue weighted by molar-refractivity contribution is 6.31. The first-order chi connectivity index (χ1) is 10.1. The first-order valence-corrected chi connectivity index (χ1v) is 7.45. The molecule has 0 spiro atoms. The van der Waals surface area contributed by atoms with E-state index in [1.165, 1.54) is 16.3 Å². The molecule has 0 radical (unpaired) electrons. The molecular formula is C19H18ClN. The van der Waals surface area contributed by atoms with E-state index >= 15 is 0 Å². The van der Waals surface area contributed by atoms with E-state index in [0.29, 0.717) is 0 Å². The van der Waals surface area contributed by atoms with Gasteiger partial charge >= 0.3 is 0 Å². The molecule has 3 aromatic rings. The zero-order chi connectivity index (χ0) is 15.0. The average molecular weight is 296 g/mol. The highest BCUT2D eigenvalue weighted by atomic mass is 35.5. The van der Waals surface area contributed by atoms with Crippen molar-refractivity contribution >= 4 is 22.4 Å². The van der Waals surface area contributed by atoms with Crippen molar-refractivity contribution in [3.05, 3.63) is 81.9 Å². The predicted molar refractivity (Wildman–Crippen MR) is 90.9 cm³/mol. The number of halogens is 1. The van der Waals surface area contributed by atoms with Gasteiger partial charge in [-0.05, 0) is 52.9 Å². The quantitative estimate of drug-likeness (QED) is 0.694. The van der Waals surface area contributed by atoms with Crippen molar-refractivity contribution in [1.29, 1.82) is 0 Å². The van der Waals surface area contributed by atoms with Gasteiger partial charge in [0, 0.05) is 5.02 Å². The predicted octanol–water partition coefficient (Wildman–Crippen LogP) is 5.16. The summed E-state index contributed by atoms with van der Waals surface area (Å²) in [6.45, 7) is 4.13. The highest BCUT2D eigenvalue weighted by Gasteiger charge is 2.13. The van der Waals surface area contributed by atoms with Crippen LogP contribution in [0, 0.1) is 13.8 Å². The molecule has 1 atom stereocenters. The molecule has 21 heavy (non-hydrogen) atoms. The monoisotopic (exact) mass is 295 g/mol. The second-order valence-electron chi connectivity index (χ2n) is 5.50. The Morgan fingerprint density at radius 1 is 0.857 bits per heavy atom. The van der Waals surface area contributed by atoms with Crippen LogP contribution < -0.4 is 5.73 Å². The molecule has 0 saturated carbocycles. The third-order valence-electron chi connectivity index (χ3n) is 4.05. The molecule has 0 aromatic heterocycles. The summed E-state index contributed by atoms with van der Waals surface area (Å²) in [4.78, 5) is 0. The summed E-state index contributed by atoms with van der Waals surface area (Å²) in [6.07, 6.45) is 0. The molecule has 2 N–H and O–H groups in total. The van der Waals surface area contributed by atoms with Gasteiger partial charge in [-0.2, -0.15) is 0 Å². The van der Waals surface area contributed by atoms with E-state index in [2.05, 4.69) is 49.4 Å². The molecule has 0 amide bonds. The van der Waals surface area contributed by atoms with E-state index in [1.54, 1.807) is 0 Å². The van der Waals surface area contributed by atoms with Gasteiger partial charge in [-0.3, -0.25) is 0 Å². The van der Waals surface area contributed by atoms with E-state index in [4.69, 9.17) is 17.3 Å². The fraction of sp³-hybridized carbons (Fsp3) is 0.158. The van der Waals surface area contributed by atoms with Crippen LogP contribution in [0.3, 0.4) is 0 Å². The lowest BCUT2D eigenvalue weighted by Gasteiger charge is -2.17. The molecule has 2 heteroatoms. The fourth-order valence-electron chi connectivity index (χ4n) is 2.79. The van der Waals surface area contributed by atoms with Crippen LogP contribution >= 0.6 is 11.6 Å². The topological polar surface area (TPSA) is 26.0 Å². The molecule has 0 aliphatic rings. The Labute approximate surface area is 130 Å². The summed E-state index contributed by atoms with van der Waals surface area (Å²) in [5.41, 5.74) is 11.1. The van der Waals surface area contributed by atoms with E-state index in [-0.39, 0.29) is 6.04 Å². The van der Waals surface area contributed by atoms with Gasteiger partial charge in [0.05, 0.1) is 6.04 Å². The first kappa shape index (κ1) is 14.1. The summed E-state index contributed by atoms with van der Waals surface area (Å²) in [5, 5.41) is 3.26. The van der Waals surface area contributed by atoms with Gasteiger partial charge in [-0.25, -0.2) is 0 Å². The molecule has 106 valence electrons. The van der Waals surface area contributed by atoms with E-state index in [1.807, 2.05) is 19.1 Å². The molecule has 0 aliphatic carbocycles. The van der Waals surface area contributed by atoms with Crippen LogP contribution in [0.25, 0.3) is 10.8 Å². The minimum Gasteiger partial charge on any atom is -0.320 e. The summed E-state index contributed by atoms with van der Waals surface area (Å²) in [5.74, 6) is 0. The number of rotatable bonds is 2. The average Bonchev–Trinajstić information content (AvgIpc) is 2.50. The Bertz CT molecular complexity index is 808. The van der Waals surface area contributed by atoms with Gasteiger partial charge in [-0.1, -0.05) is 60.1 Å². The van der Waals surface area contributed by atoms with E-state index < -0.39 is 0 Å². The molecule has 0 heterocycles. The van der Waals surface area contributed by atoms with E-state index in [9.17, 15) is 0 Å². The molecule has 0 bridgehead atoms. The van der Waals surface area contributed by atoms with Crippen LogP contribution in [0.5, 0.6) is 0 Å².